The van der Waals surface area contributed by atoms with E-state index in [0.29, 0.717) is 12.1 Å². The SMILES string of the molecule is CC[C@H](N(C)c1nc2c(c(N[C@@H](CN3C4CCCC3CC4)c3cnn(C)c3)n1)C[C@](C)(c1ccccc1)CC2)C12CC(C(=O)O)(C1)C2. The van der Waals surface area contributed by atoms with Crippen LogP contribution in [0, 0.1) is 10.8 Å². The minimum Gasteiger partial charge on any atom is -0.481 e. The Balaban J connectivity index is 1.16. The van der Waals surface area contributed by atoms with Gasteiger partial charge in [0.05, 0.1) is 23.3 Å². The highest BCUT2D eigenvalue weighted by Gasteiger charge is 2.74. The molecule has 9 rings (SSSR count). The first kappa shape index (κ1) is 30.8. The predicted octanol–water partition coefficient (Wildman–Crippen LogP) is 6.30. The summed E-state index contributed by atoms with van der Waals surface area (Å²) in [4.78, 5) is 27.7. The smallest absolute Gasteiger partial charge is 0.309 e. The van der Waals surface area contributed by atoms with Crippen LogP contribution in [0.25, 0.3) is 0 Å². The topological polar surface area (TPSA) is 99.4 Å². The van der Waals surface area contributed by atoms with Crippen molar-refractivity contribution in [3.05, 3.63) is 65.1 Å². The van der Waals surface area contributed by atoms with Gasteiger partial charge in [-0.2, -0.15) is 10.1 Å². The molecular weight excluding hydrogens is 586 g/mol. The van der Waals surface area contributed by atoms with Crippen LogP contribution in [0.2, 0.25) is 0 Å². The molecule has 2 unspecified atom stereocenters. The summed E-state index contributed by atoms with van der Waals surface area (Å²) >= 11 is 0. The van der Waals surface area contributed by atoms with Gasteiger partial charge in [0.1, 0.15) is 5.82 Å². The molecule has 6 aliphatic rings. The summed E-state index contributed by atoms with van der Waals surface area (Å²) in [7, 11) is 4.13. The van der Waals surface area contributed by atoms with Gasteiger partial charge < -0.3 is 15.3 Å². The predicted molar refractivity (Wildman–Crippen MR) is 184 cm³/mol. The zero-order chi connectivity index (χ0) is 32.6. The molecule has 250 valence electrons. The lowest BCUT2D eigenvalue weighted by Crippen LogP contribution is -2.72. The third-order valence-electron chi connectivity index (χ3n) is 13.1. The molecule has 2 saturated heterocycles. The van der Waals surface area contributed by atoms with Gasteiger partial charge in [0, 0.05) is 56.1 Å². The number of carboxylic acids is 1. The monoisotopic (exact) mass is 637 g/mol. The molecule has 4 aliphatic carbocycles. The maximum absolute atomic E-state index is 11.9. The van der Waals surface area contributed by atoms with Crippen LogP contribution in [-0.2, 0) is 30.1 Å². The molecule has 0 spiro atoms. The molecule has 3 aromatic rings. The lowest BCUT2D eigenvalue weighted by atomic mass is 9.33. The molecule has 5 atom stereocenters. The van der Waals surface area contributed by atoms with Crippen molar-refractivity contribution < 1.29 is 9.90 Å². The summed E-state index contributed by atoms with van der Waals surface area (Å²) in [6.07, 6.45) is 16.8. The first-order valence-electron chi connectivity index (χ1n) is 18.0. The van der Waals surface area contributed by atoms with Gasteiger partial charge in [-0.05, 0) is 87.0 Å². The average Bonchev–Trinajstić information content (AvgIpc) is 3.54. The highest BCUT2D eigenvalue weighted by Crippen LogP contribution is 2.75. The van der Waals surface area contributed by atoms with Crippen LogP contribution in [0.3, 0.4) is 0 Å². The minimum atomic E-state index is -0.626. The second kappa shape index (κ2) is 11.3. The first-order valence-corrected chi connectivity index (χ1v) is 18.0. The van der Waals surface area contributed by atoms with Crippen molar-refractivity contribution in [2.75, 3.05) is 23.8 Å². The summed E-state index contributed by atoms with van der Waals surface area (Å²) in [6, 6.07) is 12.6. The van der Waals surface area contributed by atoms with Crippen molar-refractivity contribution in [3.8, 4) is 0 Å². The van der Waals surface area contributed by atoms with Crippen molar-refractivity contribution in [1.82, 2.24) is 24.6 Å². The van der Waals surface area contributed by atoms with Crippen LogP contribution in [0.4, 0.5) is 11.8 Å². The summed E-state index contributed by atoms with van der Waals surface area (Å²) < 4.78 is 1.91. The van der Waals surface area contributed by atoms with Gasteiger partial charge in [0.25, 0.3) is 0 Å². The maximum atomic E-state index is 11.9. The van der Waals surface area contributed by atoms with Gasteiger partial charge in [-0.25, -0.2) is 4.98 Å². The number of anilines is 2. The van der Waals surface area contributed by atoms with Crippen molar-refractivity contribution in [2.24, 2.45) is 17.9 Å². The Morgan fingerprint density at radius 2 is 1.83 bits per heavy atom. The lowest BCUT2D eigenvalue weighted by molar-refractivity contribution is -0.230. The average molecular weight is 638 g/mol. The van der Waals surface area contributed by atoms with Crippen molar-refractivity contribution in [3.63, 3.8) is 0 Å². The fourth-order valence-corrected chi connectivity index (χ4v) is 10.6. The van der Waals surface area contributed by atoms with Crippen molar-refractivity contribution in [1.29, 1.82) is 0 Å². The molecule has 9 heteroatoms. The molecule has 5 fully saturated rings. The molecule has 2 aromatic heterocycles. The summed E-state index contributed by atoms with van der Waals surface area (Å²) in [5.74, 6) is 1.09. The molecule has 3 saturated carbocycles. The number of carbonyl (C=O) groups is 1. The fourth-order valence-electron chi connectivity index (χ4n) is 10.6. The minimum absolute atomic E-state index is 0.000184. The third kappa shape index (κ3) is 5.06. The molecule has 4 bridgehead atoms. The third-order valence-corrected chi connectivity index (χ3v) is 13.1. The molecule has 2 aliphatic heterocycles. The Morgan fingerprint density at radius 3 is 2.47 bits per heavy atom. The fraction of sp³-hybridized carbons (Fsp3) is 0.632. The summed E-state index contributed by atoms with van der Waals surface area (Å²) in [5.41, 5.74) is 4.50. The van der Waals surface area contributed by atoms with E-state index in [4.69, 9.17) is 9.97 Å². The number of hydrogen-bond acceptors (Lipinski definition) is 7. The first-order chi connectivity index (χ1) is 22.6. The second-order valence-electron chi connectivity index (χ2n) is 16.1. The Hall–Kier alpha value is -3.46. The standard InChI is InChI=1S/C38H51N7O2/c1-5-32(37-22-38(23-37,24-37)34(46)47)44(4)35-41-30-16-17-36(2,26-10-7-6-8-11-26)18-29(30)33(42-35)40-31(25-19-39-43(3)20-25)21-45-27-12-9-13-28(45)15-14-27/h6-8,10-11,19-20,27-28,31-32H,5,9,12-18,21-24H2,1-4H3,(H,46,47)(H,40,41,42)/t27?,28?,31-,32-,36+,37?,38?/m0/s1. The second-order valence-corrected chi connectivity index (χ2v) is 16.1. The number of nitrogens with zero attached hydrogens (tertiary/aromatic N) is 6. The van der Waals surface area contributed by atoms with E-state index < -0.39 is 11.4 Å². The number of piperidine rings is 1. The van der Waals surface area contributed by atoms with E-state index in [9.17, 15) is 9.90 Å². The highest BCUT2D eigenvalue weighted by molar-refractivity contribution is 5.79. The van der Waals surface area contributed by atoms with Crippen LogP contribution in [0.5, 0.6) is 0 Å². The molecule has 47 heavy (non-hydrogen) atoms. The van der Waals surface area contributed by atoms with Gasteiger partial charge in [0.15, 0.2) is 0 Å². The Morgan fingerprint density at radius 1 is 1.11 bits per heavy atom. The molecule has 0 amide bonds. The van der Waals surface area contributed by atoms with Crippen LogP contribution in [-0.4, -0.2) is 67.4 Å². The highest BCUT2D eigenvalue weighted by atomic mass is 16.4. The number of rotatable bonds is 11. The Labute approximate surface area is 279 Å². The van der Waals surface area contributed by atoms with Gasteiger partial charge in [-0.3, -0.25) is 14.4 Å². The van der Waals surface area contributed by atoms with Crippen LogP contribution in [0.1, 0.15) is 106 Å². The Kier molecular flexibility index (Phi) is 7.43. The van der Waals surface area contributed by atoms with E-state index in [2.05, 4.69) is 77.6 Å². The molecule has 0 radical (unpaired) electrons. The van der Waals surface area contributed by atoms with E-state index in [0.717, 1.165) is 69.0 Å². The number of fused-ring (bicyclic) bond motifs is 3. The van der Waals surface area contributed by atoms with Gasteiger partial charge in [-0.15, -0.1) is 0 Å². The number of nitrogens with one attached hydrogen (secondary N) is 1. The van der Waals surface area contributed by atoms with Crippen LogP contribution < -0.4 is 10.2 Å². The zero-order valence-corrected chi connectivity index (χ0v) is 28.6. The van der Waals surface area contributed by atoms with E-state index in [1.54, 1.807) is 0 Å². The van der Waals surface area contributed by atoms with Crippen LogP contribution >= 0.6 is 0 Å². The van der Waals surface area contributed by atoms with E-state index in [1.165, 1.54) is 48.8 Å². The normalized spacial score (nSPS) is 32.1. The number of aromatic nitrogens is 4. The van der Waals surface area contributed by atoms with Crippen molar-refractivity contribution >= 4 is 17.7 Å². The Bertz CT molecular complexity index is 1620. The number of aryl methyl sites for hydroxylation is 2. The van der Waals surface area contributed by atoms with E-state index in [-0.39, 0.29) is 22.9 Å². The van der Waals surface area contributed by atoms with Gasteiger partial charge in [-0.1, -0.05) is 50.6 Å². The van der Waals surface area contributed by atoms with Crippen molar-refractivity contribution in [2.45, 2.75) is 120 Å². The number of carboxylic acid groups (broad SMARTS) is 1. The number of benzene rings is 1. The molecule has 1 aromatic carbocycles. The van der Waals surface area contributed by atoms with Gasteiger partial charge >= 0.3 is 5.97 Å². The molecule has 9 nitrogen and oxygen atoms in total. The lowest BCUT2D eigenvalue weighted by Gasteiger charge is -2.71. The quantitative estimate of drug-likeness (QED) is 0.253. The summed E-state index contributed by atoms with van der Waals surface area (Å²) in [6.45, 7) is 5.56. The number of hydrogen-bond donors (Lipinski definition) is 2. The van der Waals surface area contributed by atoms with Crippen LogP contribution in [0.15, 0.2) is 42.7 Å². The van der Waals surface area contributed by atoms with Gasteiger partial charge in [0.2, 0.25) is 5.95 Å². The molecule has 4 heterocycles. The largest absolute Gasteiger partial charge is 0.481 e. The van der Waals surface area contributed by atoms with E-state index in [1.807, 2.05) is 17.9 Å². The number of aliphatic carboxylic acids is 1. The summed E-state index contributed by atoms with van der Waals surface area (Å²) in [5, 5.41) is 18.5. The molecular formula is C38H51N7O2. The van der Waals surface area contributed by atoms with E-state index >= 15 is 0 Å². The maximum Gasteiger partial charge on any atom is 0.309 e. The zero-order valence-electron chi connectivity index (χ0n) is 28.6. The molecule has 2 N–H and O–H groups in total.